The van der Waals surface area contributed by atoms with E-state index in [0.29, 0.717) is 19.4 Å². The Morgan fingerprint density at radius 1 is 0.732 bits per heavy atom. The Hall–Kier alpha value is -4.60. The third kappa shape index (κ3) is 6.77. The van der Waals surface area contributed by atoms with Crippen LogP contribution in [0.2, 0.25) is 0 Å². The van der Waals surface area contributed by atoms with Crippen LogP contribution in [0.4, 0.5) is 4.39 Å². The lowest BCUT2D eigenvalue weighted by molar-refractivity contribution is -0.143. The molecule has 0 bridgehead atoms. The number of halogens is 1. The smallest absolute Gasteiger partial charge is 0.246 e. The quantitative estimate of drug-likeness (QED) is 0.426. The van der Waals surface area contributed by atoms with E-state index < -0.39 is 53.6 Å². The van der Waals surface area contributed by atoms with E-state index in [-0.39, 0.29) is 24.8 Å². The van der Waals surface area contributed by atoms with Crippen LogP contribution in [0.1, 0.15) is 29.5 Å². The van der Waals surface area contributed by atoms with Crippen molar-refractivity contribution >= 4 is 23.6 Å². The van der Waals surface area contributed by atoms with Crippen molar-refractivity contribution in [3.8, 4) is 0 Å². The zero-order valence-corrected chi connectivity index (χ0v) is 22.5. The predicted molar refractivity (Wildman–Crippen MR) is 149 cm³/mol. The van der Waals surface area contributed by atoms with Gasteiger partial charge >= 0.3 is 0 Å². The number of pyridine rings is 1. The fourth-order valence-corrected chi connectivity index (χ4v) is 5.42. The molecule has 2 fully saturated rings. The molecule has 212 valence electrons. The Balaban J connectivity index is 1.50. The maximum Gasteiger partial charge on any atom is 0.246 e. The van der Waals surface area contributed by atoms with Crippen LogP contribution in [0.5, 0.6) is 0 Å². The number of benzene rings is 2. The van der Waals surface area contributed by atoms with Crippen molar-refractivity contribution < 1.29 is 23.6 Å². The minimum atomic E-state index is -1.20. The Morgan fingerprint density at radius 3 is 2.10 bits per heavy atom. The number of hydrogen-bond donors (Lipinski definition) is 3. The molecule has 3 aromatic rings. The number of rotatable bonds is 6. The zero-order chi connectivity index (χ0) is 28.8. The third-order valence-electron chi connectivity index (χ3n) is 7.55. The first kappa shape index (κ1) is 27.9. The molecule has 2 aliphatic rings. The van der Waals surface area contributed by atoms with Gasteiger partial charge in [-0.1, -0.05) is 54.6 Å². The maximum atomic E-state index is 14.6. The summed E-state index contributed by atoms with van der Waals surface area (Å²) in [6.07, 6.45) is 4.45. The lowest BCUT2D eigenvalue weighted by Crippen LogP contribution is -2.62. The summed E-state index contributed by atoms with van der Waals surface area (Å²) in [5, 5.41) is 8.39. The number of nitrogens with one attached hydrogen (secondary N) is 3. The summed E-state index contributed by atoms with van der Waals surface area (Å²) in [6, 6.07) is 14.7. The number of hydrogen-bond acceptors (Lipinski definition) is 5. The molecular formula is C31H32FN5O4. The number of fused-ring (bicyclic) bond motifs is 1. The first-order chi connectivity index (χ1) is 19.9. The molecule has 2 aliphatic heterocycles. The molecule has 41 heavy (non-hydrogen) atoms. The average molecular weight is 558 g/mol. The fourth-order valence-electron chi connectivity index (χ4n) is 5.42. The highest BCUT2D eigenvalue weighted by Crippen LogP contribution is 2.21. The second-order valence-electron chi connectivity index (χ2n) is 10.4. The van der Waals surface area contributed by atoms with Crippen molar-refractivity contribution in [3.63, 3.8) is 0 Å². The summed E-state index contributed by atoms with van der Waals surface area (Å²) in [5.41, 5.74) is 1.76. The van der Waals surface area contributed by atoms with Gasteiger partial charge in [-0.05, 0) is 41.7 Å². The van der Waals surface area contributed by atoms with Crippen LogP contribution in [0, 0.1) is 5.82 Å². The molecule has 0 unspecified atom stereocenters. The SMILES string of the molecule is O=C1N[C@H](Cc2ccccc2F)C(=O)N[C@@H](Cc2cccnc2)C(=O)N2CCC[C@@H]2C(=O)N[C@H]1Cc1ccccc1. The largest absolute Gasteiger partial charge is 0.342 e. The average Bonchev–Trinajstić information content (AvgIpc) is 3.48. The highest BCUT2D eigenvalue weighted by atomic mass is 19.1. The van der Waals surface area contributed by atoms with Crippen molar-refractivity contribution in [1.29, 1.82) is 0 Å². The maximum absolute atomic E-state index is 14.6. The Morgan fingerprint density at radius 2 is 1.37 bits per heavy atom. The van der Waals surface area contributed by atoms with Gasteiger partial charge in [0.1, 0.15) is 30.0 Å². The van der Waals surface area contributed by atoms with Gasteiger partial charge in [0.05, 0.1) is 0 Å². The van der Waals surface area contributed by atoms with Gasteiger partial charge in [-0.15, -0.1) is 0 Å². The van der Waals surface area contributed by atoms with Crippen LogP contribution in [0.15, 0.2) is 79.1 Å². The molecule has 0 saturated carbocycles. The van der Waals surface area contributed by atoms with Gasteiger partial charge in [-0.25, -0.2) is 4.39 Å². The van der Waals surface area contributed by atoms with Crippen LogP contribution in [0.25, 0.3) is 0 Å². The molecule has 10 heteroatoms. The van der Waals surface area contributed by atoms with Gasteiger partial charge < -0.3 is 20.9 Å². The molecule has 4 amide bonds. The van der Waals surface area contributed by atoms with Crippen LogP contribution in [0.3, 0.4) is 0 Å². The topological polar surface area (TPSA) is 120 Å². The molecule has 2 aromatic carbocycles. The standard InChI is InChI=1S/C31H32FN5O4/c32-23-12-5-4-11-22(23)18-25-29(39)36-26(17-21-10-6-14-33-19-21)31(41)37-15-7-13-27(37)30(40)35-24(28(38)34-25)16-20-8-2-1-3-9-20/h1-6,8-12,14,19,24-27H,7,13,15-18H2,(H,34,38)(H,35,40)(H,36,39)/t24-,25+,26-,27+/m0/s1. The summed E-state index contributed by atoms with van der Waals surface area (Å²) in [7, 11) is 0. The summed E-state index contributed by atoms with van der Waals surface area (Å²) < 4.78 is 14.6. The van der Waals surface area contributed by atoms with E-state index in [4.69, 9.17) is 0 Å². The number of aromatic nitrogens is 1. The number of carbonyl (C=O) groups is 4. The molecule has 3 N–H and O–H groups in total. The molecule has 2 saturated heterocycles. The van der Waals surface area contributed by atoms with Crippen molar-refractivity contribution in [2.45, 2.75) is 56.3 Å². The summed E-state index contributed by atoms with van der Waals surface area (Å²) in [5.74, 6) is -2.53. The van der Waals surface area contributed by atoms with Crippen molar-refractivity contribution in [2.24, 2.45) is 0 Å². The van der Waals surface area contributed by atoms with E-state index in [9.17, 15) is 23.6 Å². The van der Waals surface area contributed by atoms with Gasteiger partial charge in [0, 0.05) is 38.2 Å². The van der Waals surface area contributed by atoms with Crippen molar-refractivity contribution in [1.82, 2.24) is 25.8 Å². The number of nitrogens with zero attached hydrogens (tertiary/aromatic N) is 2. The molecule has 9 nitrogen and oxygen atoms in total. The van der Waals surface area contributed by atoms with Gasteiger partial charge in [0.2, 0.25) is 23.6 Å². The van der Waals surface area contributed by atoms with E-state index in [1.807, 2.05) is 30.3 Å². The summed E-state index contributed by atoms with van der Waals surface area (Å²) in [6.45, 7) is 0.352. The van der Waals surface area contributed by atoms with Gasteiger partial charge in [0.15, 0.2) is 0 Å². The molecule has 0 spiro atoms. The van der Waals surface area contributed by atoms with Gasteiger partial charge in [-0.3, -0.25) is 24.2 Å². The van der Waals surface area contributed by atoms with Crippen LogP contribution < -0.4 is 16.0 Å². The minimum Gasteiger partial charge on any atom is -0.342 e. The monoisotopic (exact) mass is 557 g/mol. The normalized spacial score (nSPS) is 23.5. The summed E-state index contributed by atoms with van der Waals surface area (Å²) in [4.78, 5) is 60.4. The van der Waals surface area contributed by atoms with Gasteiger partial charge in [0.25, 0.3) is 0 Å². The van der Waals surface area contributed by atoms with Crippen molar-refractivity contribution in [2.75, 3.05) is 6.54 Å². The highest BCUT2D eigenvalue weighted by Gasteiger charge is 2.40. The zero-order valence-electron chi connectivity index (χ0n) is 22.5. The Kier molecular flexibility index (Phi) is 8.67. The first-order valence-corrected chi connectivity index (χ1v) is 13.8. The van der Waals surface area contributed by atoms with E-state index in [1.54, 1.807) is 42.7 Å². The minimum absolute atomic E-state index is 0.139. The Labute approximate surface area is 237 Å². The second-order valence-corrected chi connectivity index (χ2v) is 10.4. The number of amides is 4. The van der Waals surface area contributed by atoms with E-state index in [1.165, 1.54) is 11.0 Å². The highest BCUT2D eigenvalue weighted by molar-refractivity contribution is 5.98. The molecule has 1 aromatic heterocycles. The fraction of sp³-hybridized carbons (Fsp3) is 0.323. The predicted octanol–water partition coefficient (Wildman–Crippen LogP) is 1.71. The van der Waals surface area contributed by atoms with Crippen LogP contribution in [-0.2, 0) is 38.4 Å². The molecular weight excluding hydrogens is 525 g/mol. The molecule has 4 atom stereocenters. The second kappa shape index (κ2) is 12.7. The Bertz CT molecular complexity index is 1400. The lowest BCUT2D eigenvalue weighted by Gasteiger charge is -2.32. The van der Waals surface area contributed by atoms with E-state index in [0.717, 1.165) is 11.1 Å². The van der Waals surface area contributed by atoms with Crippen molar-refractivity contribution in [3.05, 3.63) is 102 Å². The van der Waals surface area contributed by atoms with E-state index >= 15 is 0 Å². The van der Waals surface area contributed by atoms with Crippen LogP contribution >= 0.6 is 0 Å². The lowest BCUT2D eigenvalue weighted by atomic mass is 10.00. The molecule has 3 heterocycles. The van der Waals surface area contributed by atoms with Gasteiger partial charge in [-0.2, -0.15) is 0 Å². The molecule has 0 aliphatic carbocycles. The first-order valence-electron chi connectivity index (χ1n) is 13.8. The summed E-state index contributed by atoms with van der Waals surface area (Å²) >= 11 is 0. The third-order valence-corrected chi connectivity index (χ3v) is 7.55. The molecule has 0 radical (unpaired) electrons. The van der Waals surface area contributed by atoms with E-state index in [2.05, 4.69) is 20.9 Å². The van der Waals surface area contributed by atoms with Crippen LogP contribution in [-0.4, -0.2) is 64.2 Å². The number of carbonyl (C=O) groups excluding carboxylic acids is 4. The molecule has 5 rings (SSSR count).